The van der Waals surface area contributed by atoms with Gasteiger partial charge in [-0.15, -0.1) is 0 Å². The lowest BCUT2D eigenvalue weighted by Crippen LogP contribution is -2.30. The van der Waals surface area contributed by atoms with Gasteiger partial charge in [-0.25, -0.2) is 0 Å². The van der Waals surface area contributed by atoms with Gasteiger partial charge in [0.05, 0.1) is 12.3 Å². The molecule has 1 amide bonds. The SMILES string of the molecule is CCCOc1ccccc1NC(=O)CC1CCNCC1. The standard InChI is InChI=1S/C16H24N2O2/c1-2-11-20-15-6-4-3-5-14(15)18-16(19)12-13-7-9-17-10-8-13/h3-6,13,17H,2,7-12H2,1H3,(H,18,19). The van der Waals surface area contributed by atoms with Crippen molar-refractivity contribution in [3.8, 4) is 5.75 Å². The summed E-state index contributed by atoms with van der Waals surface area (Å²) >= 11 is 0. The molecule has 0 aromatic heterocycles. The molecule has 0 spiro atoms. The number of amides is 1. The van der Waals surface area contributed by atoms with Gasteiger partial charge >= 0.3 is 0 Å². The zero-order valence-corrected chi connectivity index (χ0v) is 12.2. The average molecular weight is 276 g/mol. The molecule has 1 fully saturated rings. The Bertz CT molecular complexity index is 428. The van der Waals surface area contributed by atoms with E-state index >= 15 is 0 Å². The van der Waals surface area contributed by atoms with Crippen LogP contribution in [0, 0.1) is 5.92 Å². The first-order valence-corrected chi connectivity index (χ1v) is 7.52. The Hall–Kier alpha value is -1.55. The van der Waals surface area contributed by atoms with Gasteiger partial charge in [0.1, 0.15) is 5.75 Å². The number of benzene rings is 1. The number of anilines is 1. The van der Waals surface area contributed by atoms with E-state index in [-0.39, 0.29) is 5.91 Å². The van der Waals surface area contributed by atoms with E-state index in [4.69, 9.17) is 4.74 Å². The van der Waals surface area contributed by atoms with E-state index in [1.54, 1.807) is 0 Å². The molecule has 0 aliphatic carbocycles. The molecule has 110 valence electrons. The number of carbonyl (C=O) groups excluding carboxylic acids is 1. The van der Waals surface area contributed by atoms with E-state index in [0.717, 1.165) is 43.8 Å². The lowest BCUT2D eigenvalue weighted by atomic mass is 9.94. The highest BCUT2D eigenvalue weighted by molar-refractivity contribution is 5.92. The summed E-state index contributed by atoms with van der Waals surface area (Å²) in [5.74, 6) is 1.34. The van der Waals surface area contributed by atoms with Crippen LogP contribution in [0.1, 0.15) is 32.6 Å². The van der Waals surface area contributed by atoms with E-state index in [1.165, 1.54) is 0 Å². The minimum Gasteiger partial charge on any atom is -0.491 e. The van der Waals surface area contributed by atoms with Gasteiger partial charge in [0.2, 0.25) is 5.91 Å². The number of ether oxygens (including phenoxy) is 1. The van der Waals surface area contributed by atoms with Crippen LogP contribution >= 0.6 is 0 Å². The minimum absolute atomic E-state index is 0.0875. The zero-order chi connectivity index (χ0) is 14.2. The highest BCUT2D eigenvalue weighted by atomic mass is 16.5. The molecule has 1 saturated heterocycles. The molecular formula is C16H24N2O2. The minimum atomic E-state index is 0.0875. The highest BCUT2D eigenvalue weighted by Crippen LogP contribution is 2.25. The number of hydrogen-bond acceptors (Lipinski definition) is 3. The maximum atomic E-state index is 12.1. The Balaban J connectivity index is 1.89. The number of piperidine rings is 1. The maximum Gasteiger partial charge on any atom is 0.224 e. The lowest BCUT2D eigenvalue weighted by Gasteiger charge is -2.22. The van der Waals surface area contributed by atoms with E-state index in [9.17, 15) is 4.79 Å². The molecular weight excluding hydrogens is 252 g/mol. The molecule has 4 nitrogen and oxygen atoms in total. The molecule has 0 atom stereocenters. The van der Waals surface area contributed by atoms with Crippen LogP contribution in [0.15, 0.2) is 24.3 Å². The second kappa shape index (κ2) is 7.90. The number of para-hydroxylation sites is 2. The Labute approximate surface area is 120 Å². The third-order valence-corrected chi connectivity index (χ3v) is 3.56. The van der Waals surface area contributed by atoms with Gasteiger partial charge in [0.15, 0.2) is 0 Å². The van der Waals surface area contributed by atoms with Gasteiger partial charge in [0.25, 0.3) is 0 Å². The van der Waals surface area contributed by atoms with Crippen LogP contribution < -0.4 is 15.4 Å². The van der Waals surface area contributed by atoms with Crippen LogP contribution in [-0.4, -0.2) is 25.6 Å². The smallest absolute Gasteiger partial charge is 0.224 e. The monoisotopic (exact) mass is 276 g/mol. The topological polar surface area (TPSA) is 50.4 Å². The van der Waals surface area contributed by atoms with Crippen molar-refractivity contribution < 1.29 is 9.53 Å². The van der Waals surface area contributed by atoms with Crippen LogP contribution in [0.3, 0.4) is 0 Å². The van der Waals surface area contributed by atoms with Crippen LogP contribution in [0.4, 0.5) is 5.69 Å². The molecule has 1 aliphatic rings. The van der Waals surface area contributed by atoms with E-state index in [1.807, 2.05) is 24.3 Å². The van der Waals surface area contributed by atoms with Crippen molar-refractivity contribution in [3.05, 3.63) is 24.3 Å². The van der Waals surface area contributed by atoms with E-state index in [0.29, 0.717) is 18.9 Å². The summed E-state index contributed by atoms with van der Waals surface area (Å²) in [5, 5.41) is 6.30. The maximum absolute atomic E-state index is 12.1. The van der Waals surface area contributed by atoms with Crippen LogP contribution in [0.5, 0.6) is 5.75 Å². The van der Waals surface area contributed by atoms with Crippen molar-refractivity contribution in [1.82, 2.24) is 5.32 Å². The van der Waals surface area contributed by atoms with Crippen molar-refractivity contribution in [2.24, 2.45) is 5.92 Å². The fourth-order valence-electron chi connectivity index (χ4n) is 2.46. The van der Waals surface area contributed by atoms with Crippen LogP contribution in [-0.2, 0) is 4.79 Å². The van der Waals surface area contributed by atoms with Crippen molar-refractivity contribution in [1.29, 1.82) is 0 Å². The molecule has 4 heteroatoms. The van der Waals surface area contributed by atoms with E-state index < -0.39 is 0 Å². The van der Waals surface area contributed by atoms with Gasteiger partial charge in [-0.2, -0.15) is 0 Å². The highest BCUT2D eigenvalue weighted by Gasteiger charge is 2.17. The van der Waals surface area contributed by atoms with Crippen LogP contribution in [0.2, 0.25) is 0 Å². The molecule has 0 radical (unpaired) electrons. The first-order chi connectivity index (χ1) is 9.79. The molecule has 1 aromatic rings. The normalized spacial score (nSPS) is 15.8. The third kappa shape index (κ3) is 4.53. The Kier molecular flexibility index (Phi) is 5.87. The van der Waals surface area contributed by atoms with Gasteiger partial charge in [0, 0.05) is 6.42 Å². The number of carbonyl (C=O) groups is 1. The van der Waals surface area contributed by atoms with E-state index in [2.05, 4.69) is 17.6 Å². The lowest BCUT2D eigenvalue weighted by molar-refractivity contribution is -0.117. The first-order valence-electron chi connectivity index (χ1n) is 7.52. The summed E-state index contributed by atoms with van der Waals surface area (Å²) in [5.41, 5.74) is 0.778. The molecule has 2 rings (SSSR count). The molecule has 20 heavy (non-hydrogen) atoms. The van der Waals surface area contributed by atoms with Gasteiger partial charge < -0.3 is 15.4 Å². The summed E-state index contributed by atoms with van der Waals surface area (Å²) < 4.78 is 5.65. The largest absolute Gasteiger partial charge is 0.491 e. The second-order valence-corrected chi connectivity index (χ2v) is 5.29. The molecule has 2 N–H and O–H groups in total. The predicted octanol–water partition coefficient (Wildman–Crippen LogP) is 2.80. The quantitative estimate of drug-likeness (QED) is 0.840. The number of hydrogen-bond donors (Lipinski definition) is 2. The molecule has 1 aliphatic heterocycles. The van der Waals surface area contributed by atoms with Gasteiger partial charge in [-0.05, 0) is 50.4 Å². The Morgan fingerprint density at radius 3 is 2.85 bits per heavy atom. The van der Waals surface area contributed by atoms with Crippen molar-refractivity contribution in [3.63, 3.8) is 0 Å². The van der Waals surface area contributed by atoms with Gasteiger partial charge in [-0.1, -0.05) is 19.1 Å². The molecule has 0 saturated carbocycles. The molecule has 0 unspecified atom stereocenters. The number of rotatable bonds is 6. The van der Waals surface area contributed by atoms with Crippen molar-refractivity contribution >= 4 is 11.6 Å². The first kappa shape index (κ1) is 14.9. The van der Waals surface area contributed by atoms with Crippen LogP contribution in [0.25, 0.3) is 0 Å². The summed E-state index contributed by atoms with van der Waals surface area (Å²) in [6.07, 6.45) is 3.73. The Morgan fingerprint density at radius 1 is 1.35 bits per heavy atom. The number of nitrogens with one attached hydrogen (secondary N) is 2. The molecule has 1 heterocycles. The fourth-order valence-corrected chi connectivity index (χ4v) is 2.46. The third-order valence-electron chi connectivity index (χ3n) is 3.56. The fraction of sp³-hybridized carbons (Fsp3) is 0.562. The second-order valence-electron chi connectivity index (χ2n) is 5.29. The zero-order valence-electron chi connectivity index (χ0n) is 12.2. The molecule has 0 bridgehead atoms. The summed E-state index contributed by atoms with van der Waals surface area (Å²) in [7, 11) is 0. The summed E-state index contributed by atoms with van der Waals surface area (Å²) in [6.45, 7) is 4.78. The Morgan fingerprint density at radius 2 is 2.10 bits per heavy atom. The van der Waals surface area contributed by atoms with Gasteiger partial charge in [-0.3, -0.25) is 4.79 Å². The van der Waals surface area contributed by atoms with Crippen molar-refractivity contribution in [2.45, 2.75) is 32.6 Å². The average Bonchev–Trinajstić information content (AvgIpc) is 2.47. The molecule has 1 aromatic carbocycles. The summed E-state index contributed by atoms with van der Waals surface area (Å²) in [6, 6.07) is 7.63. The summed E-state index contributed by atoms with van der Waals surface area (Å²) in [4.78, 5) is 12.1. The predicted molar refractivity (Wildman–Crippen MR) is 81.1 cm³/mol. The van der Waals surface area contributed by atoms with Crippen molar-refractivity contribution in [2.75, 3.05) is 25.0 Å².